The van der Waals surface area contributed by atoms with Gasteiger partial charge in [-0.15, -0.1) is 0 Å². The zero-order valence-electron chi connectivity index (χ0n) is 14.7. The third kappa shape index (κ3) is 20.1. The molecule has 0 saturated carbocycles. The Labute approximate surface area is 147 Å². The summed E-state index contributed by atoms with van der Waals surface area (Å²) < 4.78 is 10.9. The van der Waals surface area contributed by atoms with E-state index in [1.165, 1.54) is 70.6 Å². The van der Waals surface area contributed by atoms with Crippen molar-refractivity contribution in [1.82, 2.24) is 0 Å². The number of allylic oxidation sites excluding steroid dienone is 1. The quantitative estimate of drug-likeness (QED) is 0.116. The minimum atomic E-state index is 0.454. The fourth-order valence-electron chi connectivity index (χ4n) is 2.26. The van der Waals surface area contributed by atoms with Gasteiger partial charge in [-0.05, 0) is 32.1 Å². The molecule has 0 unspecified atom stereocenters. The van der Waals surface area contributed by atoms with Crippen molar-refractivity contribution in [3.05, 3.63) is 12.2 Å². The molecule has 0 spiro atoms. The zero-order valence-corrected chi connectivity index (χ0v) is 16.2. The molecule has 0 atom stereocenters. The maximum absolute atomic E-state index is 5.47. The zero-order chi connectivity index (χ0) is 16.1. The van der Waals surface area contributed by atoms with Gasteiger partial charge in [0.2, 0.25) is 0 Å². The molecule has 2 nitrogen and oxygen atoms in total. The van der Waals surface area contributed by atoms with Crippen molar-refractivity contribution in [2.45, 2.75) is 84.0 Å². The van der Waals surface area contributed by atoms with Crippen molar-refractivity contribution in [1.29, 1.82) is 0 Å². The fraction of sp³-hybridized carbons (Fsp3) is 0.895. The summed E-state index contributed by atoms with van der Waals surface area (Å²) in [7, 11) is 0. The van der Waals surface area contributed by atoms with Gasteiger partial charge >= 0.3 is 0 Å². The molecular formula is C19H37BrO2. The van der Waals surface area contributed by atoms with Gasteiger partial charge in [-0.1, -0.05) is 80.0 Å². The summed E-state index contributed by atoms with van der Waals surface area (Å²) in [5, 5.41) is 1.14. The second-order valence-electron chi connectivity index (χ2n) is 5.85. The highest BCUT2D eigenvalue weighted by Gasteiger charge is 1.91. The average molecular weight is 377 g/mol. The van der Waals surface area contributed by atoms with E-state index in [1.54, 1.807) is 0 Å². The first-order chi connectivity index (χ1) is 10.9. The number of halogens is 1. The van der Waals surface area contributed by atoms with E-state index in [4.69, 9.17) is 9.47 Å². The lowest BCUT2D eigenvalue weighted by molar-refractivity contribution is -0.0531. The van der Waals surface area contributed by atoms with Gasteiger partial charge in [-0.25, -0.2) is 0 Å². The van der Waals surface area contributed by atoms with Crippen LogP contribution in [0.3, 0.4) is 0 Å². The van der Waals surface area contributed by atoms with E-state index in [-0.39, 0.29) is 0 Å². The maximum Gasteiger partial charge on any atom is 0.146 e. The highest BCUT2D eigenvalue weighted by molar-refractivity contribution is 9.09. The molecule has 0 fully saturated rings. The lowest BCUT2D eigenvalue weighted by atomic mass is 10.1. The van der Waals surface area contributed by atoms with Gasteiger partial charge in [-0.3, -0.25) is 0 Å². The predicted molar refractivity (Wildman–Crippen MR) is 101 cm³/mol. The number of unbranched alkanes of at least 4 members (excludes halogenated alkanes) is 9. The van der Waals surface area contributed by atoms with Crippen LogP contribution in [-0.4, -0.2) is 25.3 Å². The molecule has 132 valence electrons. The van der Waals surface area contributed by atoms with E-state index in [9.17, 15) is 0 Å². The van der Waals surface area contributed by atoms with Crippen molar-refractivity contribution < 1.29 is 9.47 Å². The minimum absolute atomic E-state index is 0.454. The number of rotatable bonds is 18. The van der Waals surface area contributed by atoms with Gasteiger partial charge in [0, 0.05) is 11.9 Å². The Morgan fingerprint density at radius 3 is 2.14 bits per heavy atom. The summed E-state index contributed by atoms with van der Waals surface area (Å²) in [6, 6.07) is 0. The molecule has 0 aliphatic rings. The van der Waals surface area contributed by atoms with Crippen molar-refractivity contribution in [2.75, 3.05) is 25.3 Å². The van der Waals surface area contributed by atoms with Crippen LogP contribution in [0.4, 0.5) is 0 Å². The second-order valence-corrected chi connectivity index (χ2v) is 6.65. The van der Waals surface area contributed by atoms with Gasteiger partial charge in [0.25, 0.3) is 0 Å². The van der Waals surface area contributed by atoms with Crippen LogP contribution in [0.1, 0.15) is 84.0 Å². The van der Waals surface area contributed by atoms with Crippen LogP contribution in [0, 0.1) is 0 Å². The normalized spacial score (nSPS) is 11.5. The van der Waals surface area contributed by atoms with E-state index in [1.807, 2.05) is 0 Å². The summed E-state index contributed by atoms with van der Waals surface area (Å²) in [6.45, 7) is 4.32. The van der Waals surface area contributed by atoms with Gasteiger partial charge in [0.15, 0.2) is 0 Å². The SMILES string of the molecule is CCCCCCCCOCOCCC=CCCCCCCBr. The Balaban J connectivity index is 3.01. The molecule has 0 aromatic heterocycles. The highest BCUT2D eigenvalue weighted by Crippen LogP contribution is 2.06. The molecule has 0 aromatic carbocycles. The number of hydrogen-bond acceptors (Lipinski definition) is 2. The first-order valence-electron chi connectivity index (χ1n) is 9.28. The molecule has 0 radical (unpaired) electrons. The summed E-state index contributed by atoms with van der Waals surface area (Å²) in [5.74, 6) is 0. The third-order valence-corrected chi connectivity index (χ3v) is 4.22. The van der Waals surface area contributed by atoms with E-state index < -0.39 is 0 Å². The van der Waals surface area contributed by atoms with Crippen LogP contribution in [-0.2, 0) is 9.47 Å². The third-order valence-electron chi connectivity index (χ3n) is 3.66. The standard InChI is InChI=1S/C19H37BrO2/c1-2-3-4-5-11-14-17-21-19-22-18-15-12-9-7-6-8-10-13-16-20/h9,12H,2-8,10-11,13-19H2,1H3. The topological polar surface area (TPSA) is 18.5 Å². The van der Waals surface area contributed by atoms with Gasteiger partial charge in [-0.2, -0.15) is 0 Å². The van der Waals surface area contributed by atoms with Crippen LogP contribution in [0.2, 0.25) is 0 Å². The largest absolute Gasteiger partial charge is 0.355 e. The fourth-order valence-corrected chi connectivity index (χ4v) is 2.66. The van der Waals surface area contributed by atoms with Crippen molar-refractivity contribution in [3.63, 3.8) is 0 Å². The molecule has 0 N–H and O–H groups in total. The lowest BCUT2D eigenvalue weighted by Crippen LogP contribution is -2.02. The van der Waals surface area contributed by atoms with Gasteiger partial charge in [0.1, 0.15) is 6.79 Å². The molecule has 3 heteroatoms. The summed E-state index contributed by atoms with van der Waals surface area (Å²) >= 11 is 3.46. The Hall–Kier alpha value is 0.140. The van der Waals surface area contributed by atoms with E-state index in [0.29, 0.717) is 6.79 Å². The molecular weight excluding hydrogens is 340 g/mol. The molecule has 0 aliphatic carbocycles. The highest BCUT2D eigenvalue weighted by atomic mass is 79.9. The van der Waals surface area contributed by atoms with E-state index in [0.717, 1.165) is 25.0 Å². The monoisotopic (exact) mass is 376 g/mol. The van der Waals surface area contributed by atoms with E-state index >= 15 is 0 Å². The summed E-state index contributed by atoms with van der Waals surface area (Å²) in [5.41, 5.74) is 0. The lowest BCUT2D eigenvalue weighted by Gasteiger charge is -2.04. The van der Waals surface area contributed by atoms with Crippen LogP contribution < -0.4 is 0 Å². The first-order valence-corrected chi connectivity index (χ1v) is 10.4. The smallest absolute Gasteiger partial charge is 0.146 e. The van der Waals surface area contributed by atoms with Gasteiger partial charge < -0.3 is 9.47 Å². The molecule has 0 amide bonds. The van der Waals surface area contributed by atoms with Crippen LogP contribution in [0.25, 0.3) is 0 Å². The molecule has 0 heterocycles. The summed E-state index contributed by atoms with van der Waals surface area (Å²) in [4.78, 5) is 0. The average Bonchev–Trinajstić information content (AvgIpc) is 2.54. The Morgan fingerprint density at radius 2 is 1.32 bits per heavy atom. The maximum atomic E-state index is 5.47. The number of alkyl halides is 1. The van der Waals surface area contributed by atoms with Crippen molar-refractivity contribution in [2.24, 2.45) is 0 Å². The molecule has 22 heavy (non-hydrogen) atoms. The molecule has 0 saturated heterocycles. The summed E-state index contributed by atoms with van der Waals surface area (Å²) in [6.07, 6.45) is 19.9. The van der Waals surface area contributed by atoms with Crippen molar-refractivity contribution in [3.8, 4) is 0 Å². The van der Waals surface area contributed by atoms with Crippen LogP contribution >= 0.6 is 15.9 Å². The molecule has 0 aliphatic heterocycles. The first kappa shape index (κ1) is 22.1. The number of hydrogen-bond donors (Lipinski definition) is 0. The van der Waals surface area contributed by atoms with E-state index in [2.05, 4.69) is 35.0 Å². The predicted octanol–water partition coefficient (Wildman–Crippen LogP) is 6.63. The Bertz CT molecular complexity index is 219. The van der Waals surface area contributed by atoms with Crippen LogP contribution in [0.15, 0.2) is 12.2 Å². The Morgan fingerprint density at radius 1 is 0.682 bits per heavy atom. The van der Waals surface area contributed by atoms with Gasteiger partial charge in [0.05, 0.1) is 6.61 Å². The second kappa shape index (κ2) is 21.1. The molecule has 0 bridgehead atoms. The molecule has 0 aromatic rings. The number of ether oxygens (including phenoxy) is 2. The van der Waals surface area contributed by atoms with Crippen LogP contribution in [0.5, 0.6) is 0 Å². The minimum Gasteiger partial charge on any atom is -0.355 e. The van der Waals surface area contributed by atoms with Crippen molar-refractivity contribution >= 4 is 15.9 Å². The molecule has 0 rings (SSSR count). The Kier molecular flexibility index (Phi) is 21.3.